The summed E-state index contributed by atoms with van der Waals surface area (Å²) in [4.78, 5) is 40.7. The van der Waals surface area contributed by atoms with Crippen molar-refractivity contribution in [3.05, 3.63) is 95.1 Å². The van der Waals surface area contributed by atoms with Crippen LogP contribution in [0.25, 0.3) is 0 Å². The number of carbonyl (C=O) groups is 3. The van der Waals surface area contributed by atoms with Gasteiger partial charge in [0.15, 0.2) is 5.78 Å². The first kappa shape index (κ1) is 25.6. The van der Waals surface area contributed by atoms with E-state index in [0.717, 1.165) is 5.56 Å². The van der Waals surface area contributed by atoms with Crippen molar-refractivity contribution in [2.24, 2.45) is 0 Å². The summed E-state index contributed by atoms with van der Waals surface area (Å²) >= 11 is 0. The van der Waals surface area contributed by atoms with E-state index in [9.17, 15) is 19.5 Å². The minimum Gasteiger partial charge on any atom is -0.497 e. The summed E-state index contributed by atoms with van der Waals surface area (Å²) in [7, 11) is 1.54. The van der Waals surface area contributed by atoms with E-state index in [1.54, 1.807) is 38.1 Å². The van der Waals surface area contributed by atoms with Gasteiger partial charge in [-0.2, -0.15) is 0 Å². The number of ketones is 1. The van der Waals surface area contributed by atoms with E-state index >= 15 is 0 Å². The highest BCUT2D eigenvalue weighted by Crippen LogP contribution is 2.29. The molecular formula is C28H29NO6. The summed E-state index contributed by atoms with van der Waals surface area (Å²) in [5.74, 6) is -0.872. The lowest BCUT2D eigenvalue weighted by Crippen LogP contribution is -2.39. The first-order valence-corrected chi connectivity index (χ1v) is 11.4. The number of esters is 1. The maximum absolute atomic E-state index is 13.5. The minimum absolute atomic E-state index is 0.103. The van der Waals surface area contributed by atoms with Gasteiger partial charge in [0.2, 0.25) is 0 Å². The number of amides is 1. The van der Waals surface area contributed by atoms with Crippen molar-refractivity contribution in [1.82, 2.24) is 0 Å². The fraction of sp³-hybridized carbons (Fsp3) is 0.250. The van der Waals surface area contributed by atoms with Gasteiger partial charge in [-0.25, -0.2) is 4.79 Å². The Bertz CT molecular complexity index is 1170. The molecule has 1 atom stereocenters. The molecule has 0 bridgehead atoms. The van der Waals surface area contributed by atoms with Gasteiger partial charge in [0, 0.05) is 11.1 Å². The molecular weight excluding hydrogens is 446 g/mol. The number of methoxy groups -OCH3 is 1. The molecule has 3 aromatic carbocycles. The number of rotatable bonds is 10. The molecule has 0 saturated heterocycles. The molecule has 0 aliphatic rings. The molecule has 182 valence electrons. The van der Waals surface area contributed by atoms with Crippen LogP contribution in [0.1, 0.15) is 52.1 Å². The Morgan fingerprint density at radius 2 is 1.57 bits per heavy atom. The Hall–Kier alpha value is -3.97. The zero-order valence-electron chi connectivity index (χ0n) is 20.1. The number of hydrogen-bond donors (Lipinski definition) is 1. The second-order valence-corrected chi connectivity index (χ2v) is 7.84. The number of benzene rings is 3. The summed E-state index contributed by atoms with van der Waals surface area (Å²) in [5.41, 5.74) is 1.83. The lowest BCUT2D eigenvalue weighted by Gasteiger charge is -2.27. The molecule has 0 radical (unpaired) electrons. The Morgan fingerprint density at radius 1 is 0.914 bits per heavy atom. The van der Waals surface area contributed by atoms with Crippen molar-refractivity contribution in [3.63, 3.8) is 0 Å². The number of anilines is 1. The Kier molecular flexibility index (Phi) is 8.75. The number of carbonyl (C=O) groups excluding carboxylic acids is 3. The van der Waals surface area contributed by atoms with Gasteiger partial charge < -0.3 is 19.5 Å². The number of nitrogens with zero attached hydrogens (tertiary/aromatic N) is 1. The first-order chi connectivity index (χ1) is 16.9. The van der Waals surface area contributed by atoms with Gasteiger partial charge >= 0.3 is 5.97 Å². The van der Waals surface area contributed by atoms with E-state index in [-0.39, 0.29) is 42.2 Å². The topological polar surface area (TPSA) is 93.1 Å². The third-order valence-corrected chi connectivity index (χ3v) is 5.52. The van der Waals surface area contributed by atoms with Gasteiger partial charge in [0.05, 0.1) is 31.5 Å². The standard InChI is InChI=1S/C28H29NO6/c1-4-25(30)27(32)29(18-19-9-7-6-8-10-19)24-17-21(28(33)35-5-2)13-16-23(24)26(31)20-11-14-22(34-3)15-12-20/h6-17,25,30H,4-5,18H2,1-3H3. The van der Waals surface area contributed by atoms with Gasteiger partial charge in [-0.3, -0.25) is 9.59 Å². The van der Waals surface area contributed by atoms with Crippen LogP contribution in [0.3, 0.4) is 0 Å². The quantitative estimate of drug-likeness (QED) is 0.345. The van der Waals surface area contributed by atoms with Crippen LogP contribution in [-0.4, -0.2) is 42.6 Å². The van der Waals surface area contributed by atoms with Crippen LogP contribution in [0.5, 0.6) is 5.75 Å². The molecule has 1 unspecified atom stereocenters. The van der Waals surface area contributed by atoms with E-state index in [0.29, 0.717) is 11.3 Å². The highest BCUT2D eigenvalue weighted by atomic mass is 16.5. The summed E-state index contributed by atoms with van der Waals surface area (Å²) < 4.78 is 10.3. The molecule has 1 N–H and O–H groups in total. The monoisotopic (exact) mass is 475 g/mol. The summed E-state index contributed by atoms with van der Waals surface area (Å²) in [6, 6.07) is 20.3. The molecule has 0 aliphatic carbocycles. The van der Waals surface area contributed by atoms with Crippen LogP contribution in [0.15, 0.2) is 72.8 Å². The van der Waals surface area contributed by atoms with Crippen LogP contribution in [-0.2, 0) is 16.1 Å². The van der Waals surface area contributed by atoms with Gasteiger partial charge in [-0.05, 0) is 61.4 Å². The molecule has 3 aromatic rings. The normalized spacial score (nSPS) is 11.4. The lowest BCUT2D eigenvalue weighted by molar-refractivity contribution is -0.126. The number of ether oxygens (including phenoxy) is 2. The van der Waals surface area contributed by atoms with Crippen LogP contribution < -0.4 is 9.64 Å². The third kappa shape index (κ3) is 6.13. The van der Waals surface area contributed by atoms with Gasteiger partial charge in [-0.15, -0.1) is 0 Å². The van der Waals surface area contributed by atoms with Crippen molar-refractivity contribution in [1.29, 1.82) is 0 Å². The summed E-state index contributed by atoms with van der Waals surface area (Å²) in [6.45, 7) is 3.68. The number of aliphatic hydroxyl groups is 1. The summed E-state index contributed by atoms with van der Waals surface area (Å²) in [5, 5.41) is 10.4. The van der Waals surface area contributed by atoms with Crippen molar-refractivity contribution in [3.8, 4) is 5.75 Å². The first-order valence-electron chi connectivity index (χ1n) is 11.4. The van der Waals surface area contributed by atoms with E-state index in [2.05, 4.69) is 0 Å². The van der Waals surface area contributed by atoms with Crippen molar-refractivity contribution < 1.29 is 29.0 Å². The second kappa shape index (κ2) is 11.9. The third-order valence-electron chi connectivity index (χ3n) is 5.52. The van der Waals surface area contributed by atoms with Crippen molar-refractivity contribution >= 4 is 23.3 Å². The van der Waals surface area contributed by atoms with E-state index in [1.807, 2.05) is 30.3 Å². The predicted octanol–water partition coefficient (Wildman–Crippen LogP) is 4.41. The zero-order valence-corrected chi connectivity index (χ0v) is 20.1. The van der Waals surface area contributed by atoms with Crippen LogP contribution in [0.4, 0.5) is 5.69 Å². The van der Waals surface area contributed by atoms with Crippen molar-refractivity contribution in [2.75, 3.05) is 18.6 Å². The fourth-order valence-electron chi connectivity index (χ4n) is 3.59. The Labute approximate surface area is 204 Å². The molecule has 0 aliphatic heterocycles. The van der Waals surface area contributed by atoms with E-state index in [4.69, 9.17) is 9.47 Å². The highest BCUT2D eigenvalue weighted by molar-refractivity contribution is 6.15. The zero-order chi connectivity index (χ0) is 25.4. The second-order valence-electron chi connectivity index (χ2n) is 7.84. The fourth-order valence-corrected chi connectivity index (χ4v) is 3.59. The van der Waals surface area contributed by atoms with Crippen LogP contribution >= 0.6 is 0 Å². The predicted molar refractivity (Wildman–Crippen MR) is 133 cm³/mol. The molecule has 35 heavy (non-hydrogen) atoms. The molecule has 3 rings (SSSR count). The molecule has 0 fully saturated rings. The van der Waals surface area contributed by atoms with Gasteiger partial charge in [0.1, 0.15) is 11.9 Å². The van der Waals surface area contributed by atoms with Gasteiger partial charge in [0.25, 0.3) is 5.91 Å². The Morgan fingerprint density at radius 3 is 2.17 bits per heavy atom. The molecule has 7 heteroatoms. The smallest absolute Gasteiger partial charge is 0.338 e. The van der Waals surface area contributed by atoms with Gasteiger partial charge in [-0.1, -0.05) is 37.3 Å². The maximum atomic E-state index is 13.5. The largest absolute Gasteiger partial charge is 0.497 e. The molecule has 0 saturated carbocycles. The van der Waals surface area contributed by atoms with Crippen molar-refractivity contribution in [2.45, 2.75) is 32.9 Å². The maximum Gasteiger partial charge on any atom is 0.338 e. The van der Waals surface area contributed by atoms with E-state index in [1.165, 1.54) is 30.2 Å². The molecule has 0 spiro atoms. The Balaban J connectivity index is 2.16. The minimum atomic E-state index is -1.27. The van der Waals surface area contributed by atoms with E-state index < -0.39 is 18.0 Å². The lowest BCUT2D eigenvalue weighted by atomic mass is 9.98. The molecule has 0 heterocycles. The van der Waals surface area contributed by atoms with Crippen LogP contribution in [0, 0.1) is 0 Å². The average Bonchev–Trinajstić information content (AvgIpc) is 2.91. The van der Waals surface area contributed by atoms with Crippen LogP contribution in [0.2, 0.25) is 0 Å². The number of hydrogen-bond acceptors (Lipinski definition) is 6. The SMILES string of the molecule is CCOC(=O)c1ccc(C(=O)c2ccc(OC)cc2)c(N(Cc2ccccc2)C(=O)C(O)CC)c1. The summed E-state index contributed by atoms with van der Waals surface area (Å²) in [6.07, 6.45) is -1.07. The molecule has 1 amide bonds. The molecule has 7 nitrogen and oxygen atoms in total. The molecule has 0 aromatic heterocycles. The number of aliphatic hydroxyl groups excluding tert-OH is 1. The average molecular weight is 476 g/mol. The highest BCUT2D eigenvalue weighted by Gasteiger charge is 2.28.